The van der Waals surface area contributed by atoms with Crippen LogP contribution in [0.1, 0.15) is 41.3 Å². The van der Waals surface area contributed by atoms with E-state index in [1.807, 2.05) is 32.1 Å². The summed E-state index contributed by atoms with van der Waals surface area (Å²) in [5.41, 5.74) is 6.09. The van der Waals surface area contributed by atoms with Gasteiger partial charge in [-0.3, -0.25) is 9.78 Å². The molecule has 2 atom stereocenters. The van der Waals surface area contributed by atoms with E-state index in [9.17, 15) is 9.18 Å². The van der Waals surface area contributed by atoms with E-state index in [4.69, 9.17) is 0 Å². The molecule has 152 valence electrons. The molecule has 1 fully saturated rings. The Morgan fingerprint density at radius 3 is 2.70 bits per heavy atom. The maximum Gasteiger partial charge on any atom is 0.231 e. The molecule has 2 unspecified atom stereocenters. The normalized spacial score (nSPS) is 21.0. The van der Waals surface area contributed by atoms with Crippen LogP contribution in [0.3, 0.4) is 0 Å². The fourth-order valence-electron chi connectivity index (χ4n) is 3.56. The molecule has 0 saturated heterocycles. The van der Waals surface area contributed by atoms with Crippen molar-refractivity contribution in [2.45, 2.75) is 26.4 Å². The van der Waals surface area contributed by atoms with Gasteiger partial charge in [0.15, 0.2) is 0 Å². The number of carbonyl (C=O) groups excluding carboxylic acids is 1. The van der Waals surface area contributed by atoms with Gasteiger partial charge in [0.1, 0.15) is 12.0 Å². The summed E-state index contributed by atoms with van der Waals surface area (Å²) in [6, 6.07) is 3.73. The lowest BCUT2D eigenvalue weighted by Crippen LogP contribution is -2.21. The number of nitrogens with zero attached hydrogens (tertiary/aromatic N) is 4. The minimum atomic E-state index is -1.05. The second-order valence-corrected chi connectivity index (χ2v) is 7.29. The molecule has 0 bridgehead atoms. The zero-order valence-electron chi connectivity index (χ0n) is 16.9. The number of pyridine rings is 2. The number of aromatic nitrogens is 2. The Balaban J connectivity index is 1.76. The minimum Gasteiger partial charge on any atom is -0.310 e. The van der Waals surface area contributed by atoms with Crippen LogP contribution in [-0.2, 0) is 4.79 Å². The van der Waals surface area contributed by atoms with Crippen molar-refractivity contribution >= 4 is 42.0 Å². The average Bonchev–Trinajstić information content (AvgIpc) is 3.49. The van der Waals surface area contributed by atoms with Gasteiger partial charge in [0.25, 0.3) is 0 Å². The van der Waals surface area contributed by atoms with Gasteiger partial charge in [-0.2, -0.15) is 5.10 Å². The van der Waals surface area contributed by atoms with Crippen molar-refractivity contribution in [3.05, 3.63) is 65.1 Å². The first-order valence-corrected chi connectivity index (χ1v) is 9.66. The number of hydrazone groups is 1. The van der Waals surface area contributed by atoms with Gasteiger partial charge in [0.05, 0.1) is 23.0 Å². The zero-order chi connectivity index (χ0) is 21.4. The lowest BCUT2D eigenvalue weighted by Gasteiger charge is -2.30. The molecule has 30 heavy (non-hydrogen) atoms. The molecular weight excluding hydrogens is 381 g/mol. The fourth-order valence-corrected chi connectivity index (χ4v) is 3.56. The summed E-state index contributed by atoms with van der Waals surface area (Å²) in [4.78, 5) is 20.8. The van der Waals surface area contributed by atoms with Crippen LogP contribution in [0.15, 0.2) is 42.3 Å². The lowest BCUT2D eigenvalue weighted by atomic mass is 9.96. The first-order chi connectivity index (χ1) is 14.5. The number of rotatable bonds is 5. The van der Waals surface area contributed by atoms with E-state index in [0.717, 1.165) is 39.3 Å². The third kappa shape index (κ3) is 3.43. The highest BCUT2D eigenvalue weighted by atomic mass is 19.1. The van der Waals surface area contributed by atoms with Gasteiger partial charge in [-0.05, 0) is 50.1 Å². The van der Waals surface area contributed by atoms with Crippen LogP contribution in [0.2, 0.25) is 0 Å². The number of halogens is 1. The monoisotopic (exact) mass is 403 g/mol. The molecule has 3 heterocycles. The third-order valence-electron chi connectivity index (χ3n) is 5.29. The molecule has 6 nitrogen and oxygen atoms in total. The van der Waals surface area contributed by atoms with Crippen LogP contribution in [0.5, 0.6) is 0 Å². The van der Waals surface area contributed by atoms with E-state index < -0.39 is 12.1 Å². The standard InChI is InChI=1S/C23H22FN5O/c1-5-15-7-13(3)18(12-26-15)21-8-14-11-27-22(28-23(30)17-9-19(17)24)10-16(14)20(6-2)29(21)25-4/h5-8,10-12,17,19H,1,4,9H2,2-3H3,(H,27,28,30)/b20-6-. The van der Waals surface area contributed by atoms with E-state index in [2.05, 4.69) is 33.7 Å². The summed E-state index contributed by atoms with van der Waals surface area (Å²) in [5, 5.41) is 8.66. The summed E-state index contributed by atoms with van der Waals surface area (Å²) >= 11 is 0. The highest BCUT2D eigenvalue weighted by Crippen LogP contribution is 2.40. The first kappa shape index (κ1) is 19.7. The Morgan fingerprint density at radius 1 is 1.33 bits per heavy atom. The van der Waals surface area contributed by atoms with Crippen LogP contribution in [-0.4, -0.2) is 33.8 Å². The molecule has 1 amide bonds. The number of hydrogen-bond acceptors (Lipinski definition) is 5. The van der Waals surface area contributed by atoms with Crippen molar-refractivity contribution < 1.29 is 9.18 Å². The molecule has 0 spiro atoms. The zero-order valence-corrected chi connectivity index (χ0v) is 16.9. The van der Waals surface area contributed by atoms with Crippen molar-refractivity contribution in [2.24, 2.45) is 11.0 Å². The molecule has 2 aromatic rings. The number of carbonyl (C=O) groups is 1. The Bertz CT molecular complexity index is 1120. The second kappa shape index (κ2) is 7.67. The average molecular weight is 403 g/mol. The van der Waals surface area contributed by atoms with E-state index in [1.165, 1.54) is 0 Å². The van der Waals surface area contributed by atoms with Gasteiger partial charge < -0.3 is 5.32 Å². The number of anilines is 1. The number of hydrogen-bond donors (Lipinski definition) is 1. The van der Waals surface area contributed by atoms with Crippen molar-refractivity contribution in [3.8, 4) is 0 Å². The smallest absolute Gasteiger partial charge is 0.231 e. The predicted molar refractivity (Wildman–Crippen MR) is 118 cm³/mol. The largest absolute Gasteiger partial charge is 0.310 e. The van der Waals surface area contributed by atoms with E-state index in [-0.39, 0.29) is 12.3 Å². The second-order valence-electron chi connectivity index (χ2n) is 7.29. The molecule has 2 aromatic heterocycles. The Morgan fingerprint density at radius 2 is 2.10 bits per heavy atom. The molecular formula is C23H22FN5O. The van der Waals surface area contributed by atoms with Crippen LogP contribution in [0, 0.1) is 12.8 Å². The molecule has 0 radical (unpaired) electrons. The summed E-state index contributed by atoms with van der Waals surface area (Å²) in [6.45, 7) is 11.4. The van der Waals surface area contributed by atoms with Gasteiger partial charge in [0, 0.05) is 35.8 Å². The maximum atomic E-state index is 13.2. The summed E-state index contributed by atoms with van der Waals surface area (Å²) < 4.78 is 13.2. The number of alkyl halides is 1. The lowest BCUT2D eigenvalue weighted by molar-refractivity contribution is -0.117. The summed E-state index contributed by atoms with van der Waals surface area (Å²) in [5.74, 6) is -0.533. The molecule has 1 aliphatic heterocycles. The third-order valence-corrected chi connectivity index (χ3v) is 5.29. The SMILES string of the molecule is C=Cc1cc(C)c(C2=Cc3cnc(NC(=O)C4CC4F)cc3/C(=C/C)N2N=C)cn1. The maximum absolute atomic E-state index is 13.2. The van der Waals surface area contributed by atoms with Crippen LogP contribution < -0.4 is 5.32 Å². The van der Waals surface area contributed by atoms with E-state index >= 15 is 0 Å². The number of nitrogens with one attached hydrogen (secondary N) is 1. The number of allylic oxidation sites excluding steroid dienone is 1. The highest BCUT2D eigenvalue weighted by molar-refractivity contribution is 5.97. The summed E-state index contributed by atoms with van der Waals surface area (Å²) in [7, 11) is 0. The highest BCUT2D eigenvalue weighted by Gasteiger charge is 2.43. The van der Waals surface area contributed by atoms with Gasteiger partial charge in [-0.1, -0.05) is 12.7 Å². The molecule has 1 aliphatic carbocycles. The van der Waals surface area contributed by atoms with Gasteiger partial charge >= 0.3 is 0 Å². The Labute approximate surface area is 174 Å². The van der Waals surface area contributed by atoms with Crippen molar-refractivity contribution in [3.63, 3.8) is 0 Å². The molecule has 2 aliphatic rings. The van der Waals surface area contributed by atoms with Crippen molar-refractivity contribution in [1.29, 1.82) is 0 Å². The number of amides is 1. The van der Waals surface area contributed by atoms with Crippen LogP contribution in [0.25, 0.3) is 23.5 Å². The molecule has 1 N–H and O–H groups in total. The Hall–Kier alpha value is -3.61. The number of fused-ring (bicyclic) bond motifs is 1. The number of aryl methyl sites for hydroxylation is 1. The Kier molecular flexibility index (Phi) is 5.03. The van der Waals surface area contributed by atoms with Crippen molar-refractivity contribution in [1.82, 2.24) is 15.0 Å². The predicted octanol–water partition coefficient (Wildman–Crippen LogP) is 4.51. The van der Waals surface area contributed by atoms with Crippen molar-refractivity contribution in [2.75, 3.05) is 5.32 Å². The van der Waals surface area contributed by atoms with E-state index in [0.29, 0.717) is 5.82 Å². The van der Waals surface area contributed by atoms with Crippen LogP contribution in [0.4, 0.5) is 10.2 Å². The quantitative estimate of drug-likeness (QED) is 0.746. The first-order valence-electron chi connectivity index (χ1n) is 9.66. The van der Waals surface area contributed by atoms with Gasteiger partial charge in [0.2, 0.25) is 5.91 Å². The van der Waals surface area contributed by atoms with Crippen LogP contribution >= 0.6 is 0 Å². The molecule has 0 aromatic carbocycles. The molecule has 7 heteroatoms. The minimum absolute atomic E-state index is 0.273. The summed E-state index contributed by atoms with van der Waals surface area (Å²) in [6.07, 6.45) is 8.29. The van der Waals surface area contributed by atoms with E-state index in [1.54, 1.807) is 29.5 Å². The van der Waals surface area contributed by atoms with Gasteiger partial charge in [-0.25, -0.2) is 14.4 Å². The van der Waals surface area contributed by atoms with Gasteiger partial charge in [-0.15, -0.1) is 0 Å². The fraction of sp³-hybridized carbons (Fsp3) is 0.217. The molecule has 4 rings (SSSR count). The molecule has 1 saturated carbocycles. The topological polar surface area (TPSA) is 70.5 Å².